The number of rotatable bonds is 2. The molecule has 0 atom stereocenters. The van der Waals surface area contributed by atoms with Gasteiger partial charge >= 0.3 is 0 Å². The van der Waals surface area contributed by atoms with Gasteiger partial charge in [-0.05, 0) is 107 Å². The van der Waals surface area contributed by atoms with Gasteiger partial charge in [0.15, 0.2) is 0 Å². The van der Waals surface area contributed by atoms with Gasteiger partial charge in [0.2, 0.25) is 0 Å². The molecule has 0 saturated carbocycles. The lowest BCUT2D eigenvalue weighted by Gasteiger charge is -2.23. The number of ether oxygens (including phenoxy) is 1. The van der Waals surface area contributed by atoms with E-state index in [9.17, 15) is 2.74 Å². The summed E-state index contributed by atoms with van der Waals surface area (Å²) in [5.74, 6) is 1.52. The zero-order chi connectivity index (χ0) is 35.9. The number of hydrogen-bond donors (Lipinski definition) is 0. The summed E-state index contributed by atoms with van der Waals surface area (Å²) in [6.07, 6.45) is 0. The zero-order valence-corrected chi connectivity index (χ0v) is 22.6. The van der Waals surface area contributed by atoms with Gasteiger partial charge in [-0.25, -0.2) is 0 Å². The van der Waals surface area contributed by atoms with Gasteiger partial charge in [0.05, 0.1) is 12.3 Å². The van der Waals surface area contributed by atoms with Gasteiger partial charge in [-0.15, -0.1) is 0 Å². The van der Waals surface area contributed by atoms with Crippen molar-refractivity contribution in [3.05, 3.63) is 145 Å². The molecule has 9 aromatic carbocycles. The highest BCUT2D eigenvalue weighted by Gasteiger charge is 2.22. The van der Waals surface area contributed by atoms with Crippen LogP contribution in [-0.2, 0) is 0 Å². The molecule has 43 heavy (non-hydrogen) atoms. The zero-order valence-electron chi connectivity index (χ0n) is 31.6. The molecule has 10 rings (SSSR count). The molecule has 198 valence electrons. The van der Waals surface area contributed by atoms with Gasteiger partial charge in [0.1, 0.15) is 11.5 Å². The maximum atomic E-state index is 9.74. The molecule has 0 saturated heterocycles. The standard InChI is InChI=1S/C42H24O/c1-2-12-30-27(8-1)22-29(31-20-21-39-42-33(31)15-7-16-34(42)32-13-3-4-17-38(32)43-39)24-36(30)37-23-28-11-5-9-25-18-19-26-10-6-14-35(37)41(26)40(25)28/h1-24H/i5D,6D,9D,10D,11D,14D,18D,19D,23D. The van der Waals surface area contributed by atoms with E-state index in [2.05, 4.69) is 18.2 Å². The monoisotopic (exact) mass is 553 g/mol. The van der Waals surface area contributed by atoms with Crippen LogP contribution in [-0.4, -0.2) is 0 Å². The molecule has 0 bridgehead atoms. The lowest BCUT2D eigenvalue weighted by atomic mass is 9.85. The summed E-state index contributed by atoms with van der Waals surface area (Å²) in [6, 6.07) is 26.3. The number of hydrogen-bond acceptors (Lipinski definition) is 1. The van der Waals surface area contributed by atoms with Gasteiger partial charge < -0.3 is 4.74 Å². The molecular weight excluding hydrogens is 520 g/mol. The smallest absolute Gasteiger partial charge is 0.135 e. The SMILES string of the molecule is [2H]c1c([2H])c2c([2H])c([2H])c3c([2H])c([2H])c([2H])c4c(-c5cc(-c6ccc7c8c(cccc68)-c6ccccc6O7)cc6ccccc56)c([2H])c(c1[2H])c2c34. The van der Waals surface area contributed by atoms with E-state index in [1.54, 1.807) is 0 Å². The first-order chi connectivity index (χ1) is 25.1. The van der Waals surface area contributed by atoms with Crippen LogP contribution < -0.4 is 4.74 Å². The first-order valence-electron chi connectivity index (χ1n) is 18.6. The Hall–Kier alpha value is -5.66. The Labute approximate surface area is 261 Å². The molecule has 1 aliphatic rings. The normalized spacial score (nSPS) is 15.3. The van der Waals surface area contributed by atoms with Crippen LogP contribution in [0.1, 0.15) is 12.3 Å². The first-order valence-corrected chi connectivity index (χ1v) is 14.1. The summed E-state index contributed by atoms with van der Waals surface area (Å²) in [4.78, 5) is 0. The van der Waals surface area contributed by atoms with Crippen LogP contribution in [0.15, 0.2) is 145 Å². The highest BCUT2D eigenvalue weighted by atomic mass is 16.5. The summed E-state index contributed by atoms with van der Waals surface area (Å²) in [7, 11) is 0. The van der Waals surface area contributed by atoms with E-state index >= 15 is 0 Å². The second kappa shape index (κ2) is 8.44. The van der Waals surface area contributed by atoms with Crippen LogP contribution in [0.4, 0.5) is 0 Å². The molecule has 0 aliphatic carbocycles. The molecule has 0 amide bonds. The summed E-state index contributed by atoms with van der Waals surface area (Å²) in [6.45, 7) is 0. The molecule has 9 aromatic rings. The van der Waals surface area contributed by atoms with Gasteiger partial charge in [-0.3, -0.25) is 0 Å². The molecule has 0 spiro atoms. The molecule has 0 fully saturated rings. The predicted molar refractivity (Wildman–Crippen MR) is 182 cm³/mol. The van der Waals surface area contributed by atoms with Gasteiger partial charge in [-0.1, -0.05) is 115 Å². The van der Waals surface area contributed by atoms with E-state index in [0.717, 1.165) is 55.3 Å². The summed E-state index contributed by atoms with van der Waals surface area (Å²) in [5, 5.41) is 3.89. The lowest BCUT2D eigenvalue weighted by molar-refractivity contribution is 0.487. The second-order valence-corrected chi connectivity index (χ2v) is 10.9. The predicted octanol–water partition coefficient (Wildman–Crippen LogP) is 12.0. The number of benzene rings is 9. The van der Waals surface area contributed by atoms with Crippen LogP contribution in [0.25, 0.3) is 87.2 Å². The topological polar surface area (TPSA) is 9.23 Å². The van der Waals surface area contributed by atoms with E-state index in [4.69, 9.17) is 14.3 Å². The van der Waals surface area contributed by atoms with Gasteiger partial charge in [-0.2, -0.15) is 0 Å². The molecule has 0 radical (unpaired) electrons. The molecule has 1 aliphatic heterocycles. The van der Waals surface area contributed by atoms with Crippen molar-refractivity contribution in [2.75, 3.05) is 0 Å². The van der Waals surface area contributed by atoms with Crippen LogP contribution in [0, 0.1) is 0 Å². The van der Waals surface area contributed by atoms with Crippen molar-refractivity contribution in [2.45, 2.75) is 0 Å². The van der Waals surface area contributed by atoms with Crippen LogP contribution >= 0.6 is 0 Å². The van der Waals surface area contributed by atoms with E-state index < -0.39 is 36.3 Å². The Morgan fingerprint density at radius 2 is 1.19 bits per heavy atom. The Balaban J connectivity index is 1.38. The fourth-order valence-corrected chi connectivity index (χ4v) is 6.80. The van der Waals surface area contributed by atoms with E-state index in [1.165, 1.54) is 0 Å². The van der Waals surface area contributed by atoms with E-state index in [1.807, 2.05) is 72.8 Å². The molecule has 1 heteroatoms. The molecule has 0 aromatic heterocycles. The molecular formula is C42H24O. The minimum absolute atomic E-state index is 0.0143. The maximum Gasteiger partial charge on any atom is 0.135 e. The Kier molecular flexibility index (Phi) is 3.16. The van der Waals surface area contributed by atoms with Crippen molar-refractivity contribution < 1.29 is 17.1 Å². The first kappa shape index (κ1) is 16.1. The van der Waals surface area contributed by atoms with E-state index in [-0.39, 0.29) is 56.0 Å². The van der Waals surface area contributed by atoms with Crippen molar-refractivity contribution in [3.63, 3.8) is 0 Å². The quantitative estimate of drug-likeness (QED) is 0.193. The average molecular weight is 554 g/mol. The van der Waals surface area contributed by atoms with Crippen molar-refractivity contribution in [3.8, 4) is 44.9 Å². The van der Waals surface area contributed by atoms with Crippen molar-refractivity contribution in [2.24, 2.45) is 0 Å². The Morgan fingerprint density at radius 3 is 2.14 bits per heavy atom. The minimum atomic E-state index is -0.470. The fraction of sp³-hybridized carbons (Fsp3) is 0. The third kappa shape index (κ3) is 3.17. The minimum Gasteiger partial charge on any atom is -0.456 e. The Bertz CT molecular complexity index is 3100. The van der Waals surface area contributed by atoms with Crippen molar-refractivity contribution >= 4 is 53.9 Å². The van der Waals surface area contributed by atoms with Crippen molar-refractivity contribution in [1.82, 2.24) is 0 Å². The third-order valence-corrected chi connectivity index (χ3v) is 8.65. The fourth-order valence-electron chi connectivity index (χ4n) is 6.80. The summed E-state index contributed by atoms with van der Waals surface area (Å²) in [5.41, 5.74) is 4.54. The summed E-state index contributed by atoms with van der Waals surface area (Å²) >= 11 is 0. The van der Waals surface area contributed by atoms with Crippen LogP contribution in [0.5, 0.6) is 11.5 Å². The molecule has 1 nitrogen and oxygen atoms in total. The second-order valence-electron chi connectivity index (χ2n) is 10.9. The molecule has 0 N–H and O–H groups in total. The van der Waals surface area contributed by atoms with Gasteiger partial charge in [0, 0.05) is 10.9 Å². The lowest BCUT2D eigenvalue weighted by Crippen LogP contribution is -1.97. The third-order valence-electron chi connectivity index (χ3n) is 8.65. The van der Waals surface area contributed by atoms with Crippen molar-refractivity contribution in [1.29, 1.82) is 0 Å². The highest BCUT2D eigenvalue weighted by molar-refractivity contribution is 6.27. The van der Waals surface area contributed by atoms with Gasteiger partial charge in [0.25, 0.3) is 0 Å². The van der Waals surface area contributed by atoms with Crippen LogP contribution in [0.3, 0.4) is 0 Å². The molecule has 1 heterocycles. The number of para-hydroxylation sites is 1. The largest absolute Gasteiger partial charge is 0.456 e. The Morgan fingerprint density at radius 1 is 0.419 bits per heavy atom. The van der Waals surface area contributed by atoms with E-state index in [0.29, 0.717) is 5.56 Å². The average Bonchev–Trinajstić information content (AvgIpc) is 3.15. The summed E-state index contributed by atoms with van der Waals surface area (Å²) < 4.78 is 87.2. The highest BCUT2D eigenvalue weighted by Crippen LogP contribution is 2.49. The molecule has 0 unspecified atom stereocenters. The van der Waals surface area contributed by atoms with Crippen LogP contribution in [0.2, 0.25) is 0 Å². The maximum absolute atomic E-state index is 9.74. The number of fused-ring (bicyclic) bond motifs is 3.